The van der Waals surface area contributed by atoms with E-state index in [9.17, 15) is 15.0 Å². The molecule has 2 fully saturated rings. The van der Waals surface area contributed by atoms with Crippen LogP contribution < -0.4 is 5.32 Å². The molecule has 2 bridgehead atoms. The molecule has 2 aliphatic carbocycles. The average molecular weight is 275 g/mol. The molecule has 4 atom stereocenters. The third-order valence-electron chi connectivity index (χ3n) is 4.96. The Morgan fingerprint density at radius 3 is 2.45 bits per heavy atom. The van der Waals surface area contributed by atoms with E-state index >= 15 is 0 Å². The van der Waals surface area contributed by atoms with Gasteiger partial charge >= 0.3 is 0 Å². The fraction of sp³-hybridized carbons (Fsp3) is 0.562. The minimum absolute atomic E-state index is 0.0947. The molecule has 108 valence electrons. The van der Waals surface area contributed by atoms with Crippen LogP contribution in [0.2, 0.25) is 0 Å². The molecule has 1 amide bonds. The third kappa shape index (κ3) is 2.47. The standard InChI is InChI=1S/C16H21NO3/c1-9(15-5-10-2-3-11(15)4-10)17-16(20)12-6-13(18)8-14(19)7-12/h6-11,15,18-19H,2-5H2,1H3,(H,17,20). The van der Waals surface area contributed by atoms with E-state index < -0.39 is 0 Å². The number of benzene rings is 1. The molecular formula is C16H21NO3. The Hall–Kier alpha value is -1.71. The second-order valence-corrected chi connectivity index (χ2v) is 6.34. The van der Waals surface area contributed by atoms with Gasteiger partial charge in [-0.15, -0.1) is 0 Å². The predicted molar refractivity (Wildman–Crippen MR) is 75.6 cm³/mol. The van der Waals surface area contributed by atoms with Crippen LogP contribution in [0.25, 0.3) is 0 Å². The molecule has 4 unspecified atom stereocenters. The summed E-state index contributed by atoms with van der Waals surface area (Å²) in [5, 5.41) is 21.9. The van der Waals surface area contributed by atoms with Gasteiger partial charge in [0, 0.05) is 17.7 Å². The normalized spacial score (nSPS) is 29.4. The first-order valence-corrected chi connectivity index (χ1v) is 7.37. The molecular weight excluding hydrogens is 254 g/mol. The number of phenolic OH excluding ortho intramolecular Hbond substituents is 2. The molecule has 0 aromatic heterocycles. The molecule has 2 aliphatic rings. The lowest BCUT2D eigenvalue weighted by Crippen LogP contribution is -2.40. The van der Waals surface area contributed by atoms with Crippen molar-refractivity contribution in [3.05, 3.63) is 23.8 Å². The minimum Gasteiger partial charge on any atom is -0.508 e. The number of phenols is 2. The van der Waals surface area contributed by atoms with E-state index in [1.807, 2.05) is 0 Å². The lowest BCUT2D eigenvalue weighted by molar-refractivity contribution is 0.0914. The van der Waals surface area contributed by atoms with Crippen LogP contribution in [0, 0.1) is 17.8 Å². The smallest absolute Gasteiger partial charge is 0.251 e. The van der Waals surface area contributed by atoms with Gasteiger partial charge in [-0.2, -0.15) is 0 Å². The number of amides is 1. The van der Waals surface area contributed by atoms with E-state index in [2.05, 4.69) is 12.2 Å². The van der Waals surface area contributed by atoms with Crippen molar-refractivity contribution in [2.45, 2.75) is 38.6 Å². The highest BCUT2D eigenvalue weighted by atomic mass is 16.3. The van der Waals surface area contributed by atoms with E-state index in [1.54, 1.807) is 0 Å². The first-order valence-electron chi connectivity index (χ1n) is 7.37. The second-order valence-electron chi connectivity index (χ2n) is 6.34. The molecule has 0 spiro atoms. The number of carbonyl (C=O) groups is 1. The third-order valence-corrected chi connectivity index (χ3v) is 4.96. The van der Waals surface area contributed by atoms with Gasteiger partial charge in [-0.1, -0.05) is 6.42 Å². The zero-order valence-electron chi connectivity index (χ0n) is 11.7. The van der Waals surface area contributed by atoms with E-state index in [0.717, 1.165) is 11.8 Å². The van der Waals surface area contributed by atoms with Gasteiger partial charge in [-0.3, -0.25) is 4.79 Å². The molecule has 1 aromatic rings. The Morgan fingerprint density at radius 1 is 1.20 bits per heavy atom. The van der Waals surface area contributed by atoms with Crippen LogP contribution in [-0.2, 0) is 0 Å². The first kappa shape index (κ1) is 13.3. The van der Waals surface area contributed by atoms with Gasteiger partial charge in [0.1, 0.15) is 11.5 Å². The summed E-state index contributed by atoms with van der Waals surface area (Å²) in [4.78, 5) is 12.2. The summed E-state index contributed by atoms with van der Waals surface area (Å²) >= 11 is 0. The highest BCUT2D eigenvalue weighted by molar-refractivity contribution is 5.95. The van der Waals surface area contributed by atoms with Crippen molar-refractivity contribution >= 4 is 5.91 Å². The van der Waals surface area contributed by atoms with Gasteiger partial charge in [0.15, 0.2) is 0 Å². The van der Waals surface area contributed by atoms with E-state index in [4.69, 9.17) is 0 Å². The average Bonchev–Trinajstić information content (AvgIpc) is 2.99. The van der Waals surface area contributed by atoms with Crippen LogP contribution in [0.15, 0.2) is 18.2 Å². The van der Waals surface area contributed by atoms with E-state index in [1.165, 1.54) is 43.9 Å². The lowest BCUT2D eigenvalue weighted by Gasteiger charge is -2.28. The van der Waals surface area contributed by atoms with Crippen LogP contribution >= 0.6 is 0 Å². The van der Waals surface area contributed by atoms with Crippen LogP contribution in [0.5, 0.6) is 11.5 Å². The van der Waals surface area contributed by atoms with Crippen molar-refractivity contribution < 1.29 is 15.0 Å². The molecule has 0 aliphatic heterocycles. The number of fused-ring (bicyclic) bond motifs is 2. The molecule has 4 heteroatoms. The molecule has 3 N–H and O–H groups in total. The van der Waals surface area contributed by atoms with Crippen molar-refractivity contribution in [1.82, 2.24) is 5.32 Å². The van der Waals surface area contributed by atoms with Gasteiger partial charge in [-0.25, -0.2) is 0 Å². The number of rotatable bonds is 3. The summed E-state index contributed by atoms with van der Waals surface area (Å²) in [5.74, 6) is 1.77. The van der Waals surface area contributed by atoms with Crippen LogP contribution in [0.3, 0.4) is 0 Å². The lowest BCUT2D eigenvalue weighted by atomic mass is 9.84. The molecule has 0 heterocycles. The van der Waals surface area contributed by atoms with Crippen LogP contribution in [0.1, 0.15) is 43.0 Å². The summed E-state index contributed by atoms with van der Waals surface area (Å²) in [7, 11) is 0. The van der Waals surface area contributed by atoms with Crippen molar-refractivity contribution in [3.8, 4) is 11.5 Å². The summed E-state index contributed by atoms with van der Waals surface area (Å²) in [6.07, 6.45) is 5.18. The van der Waals surface area contributed by atoms with Crippen LogP contribution in [-0.4, -0.2) is 22.2 Å². The Morgan fingerprint density at radius 2 is 1.90 bits per heavy atom. The molecule has 0 saturated heterocycles. The van der Waals surface area contributed by atoms with Crippen molar-refractivity contribution in [2.75, 3.05) is 0 Å². The number of aromatic hydroxyl groups is 2. The number of nitrogens with one attached hydrogen (secondary N) is 1. The predicted octanol–water partition coefficient (Wildman–Crippen LogP) is 2.65. The zero-order chi connectivity index (χ0) is 14.3. The first-order chi connectivity index (χ1) is 9.52. The van der Waals surface area contributed by atoms with Gasteiger partial charge in [0.25, 0.3) is 5.91 Å². The van der Waals surface area contributed by atoms with Gasteiger partial charge in [-0.05, 0) is 56.1 Å². The highest BCUT2D eigenvalue weighted by Gasteiger charge is 2.42. The largest absolute Gasteiger partial charge is 0.508 e. The van der Waals surface area contributed by atoms with Crippen molar-refractivity contribution in [3.63, 3.8) is 0 Å². The highest BCUT2D eigenvalue weighted by Crippen LogP contribution is 2.49. The van der Waals surface area contributed by atoms with E-state index in [-0.39, 0.29) is 23.4 Å². The van der Waals surface area contributed by atoms with Crippen molar-refractivity contribution in [1.29, 1.82) is 0 Å². The monoisotopic (exact) mass is 275 g/mol. The molecule has 3 rings (SSSR count). The fourth-order valence-electron chi connectivity index (χ4n) is 4.03. The molecule has 1 aromatic carbocycles. The maximum absolute atomic E-state index is 12.2. The van der Waals surface area contributed by atoms with Gasteiger partial charge < -0.3 is 15.5 Å². The Labute approximate surface area is 118 Å². The second kappa shape index (κ2) is 5.00. The summed E-state index contributed by atoms with van der Waals surface area (Å²) in [6.45, 7) is 2.06. The Kier molecular flexibility index (Phi) is 3.32. The Bertz CT molecular complexity index is 508. The SMILES string of the molecule is CC(NC(=O)c1cc(O)cc(O)c1)C1CC2CCC1C2. The fourth-order valence-corrected chi connectivity index (χ4v) is 4.03. The molecule has 4 nitrogen and oxygen atoms in total. The summed E-state index contributed by atoms with van der Waals surface area (Å²) < 4.78 is 0. The zero-order valence-corrected chi connectivity index (χ0v) is 11.7. The van der Waals surface area contributed by atoms with Gasteiger partial charge in [0.2, 0.25) is 0 Å². The minimum atomic E-state index is -0.230. The maximum atomic E-state index is 12.2. The van der Waals surface area contributed by atoms with Crippen molar-refractivity contribution in [2.24, 2.45) is 17.8 Å². The van der Waals surface area contributed by atoms with E-state index in [0.29, 0.717) is 11.5 Å². The topological polar surface area (TPSA) is 69.6 Å². The molecule has 20 heavy (non-hydrogen) atoms. The Balaban J connectivity index is 1.66. The summed E-state index contributed by atoms with van der Waals surface area (Å²) in [5.41, 5.74) is 0.303. The maximum Gasteiger partial charge on any atom is 0.251 e. The molecule has 0 radical (unpaired) electrons. The molecule has 2 saturated carbocycles. The quantitative estimate of drug-likeness (QED) is 0.794. The van der Waals surface area contributed by atoms with Gasteiger partial charge in [0.05, 0.1) is 0 Å². The number of carbonyl (C=O) groups excluding carboxylic acids is 1. The number of hydrogen-bond donors (Lipinski definition) is 3. The van der Waals surface area contributed by atoms with Crippen LogP contribution in [0.4, 0.5) is 0 Å². The number of hydrogen-bond acceptors (Lipinski definition) is 3. The summed E-state index contributed by atoms with van der Waals surface area (Å²) in [6, 6.07) is 4.11.